The first-order valence-corrected chi connectivity index (χ1v) is 15.1. The van der Waals surface area contributed by atoms with Crippen LogP contribution in [0, 0.1) is 0 Å². The Balaban J connectivity index is 4.66. The Hall–Kier alpha value is -1.06. The molecule has 1 atom stereocenters. The van der Waals surface area contributed by atoms with Gasteiger partial charge in [0.15, 0.2) is 5.85 Å². The maximum Gasteiger partial charge on any atom is 0.475 e. The molecule has 0 aliphatic heterocycles. The Morgan fingerprint density at radius 1 is 0.771 bits per heavy atom. The molecule has 0 aromatic heterocycles. The number of phosphoric ester groups is 1. The third-order valence-electron chi connectivity index (χ3n) is 4.26. The molecule has 0 aromatic carbocycles. The number of hydrogen-bond donors (Lipinski definition) is 0. The molecule has 0 fully saturated rings. The maximum atomic E-state index is 13.3. The number of hydrogen-bond acceptors (Lipinski definition) is 11. The van der Waals surface area contributed by atoms with E-state index < -0.39 is 27.2 Å². The van der Waals surface area contributed by atoms with Crippen LogP contribution < -0.4 is 0 Å². The number of carbonyl (C=O) groups is 2. The van der Waals surface area contributed by atoms with Gasteiger partial charge in [-0.15, -0.1) is 0 Å². The first kappa shape index (κ1) is 33.9. The second-order valence-corrected chi connectivity index (χ2v) is 11.1. The smallest absolute Gasteiger partial charge is 0.466 e. The van der Waals surface area contributed by atoms with Crippen molar-refractivity contribution in [3.05, 3.63) is 12.2 Å². The normalized spacial score (nSPS) is 12.8. The van der Waals surface area contributed by atoms with Crippen molar-refractivity contribution in [3.63, 3.8) is 0 Å². The number of unbranched alkanes of at least 4 members (excludes halogenated alkanes) is 2. The van der Waals surface area contributed by atoms with Crippen LogP contribution in [0.25, 0.3) is 0 Å². The number of ether oxygens (including phenoxy) is 2. The van der Waals surface area contributed by atoms with E-state index in [1.54, 1.807) is 34.6 Å². The van der Waals surface area contributed by atoms with Crippen LogP contribution in [-0.2, 0) is 50.8 Å². The molecule has 0 saturated carbocycles. The van der Waals surface area contributed by atoms with Crippen molar-refractivity contribution in [2.24, 2.45) is 0 Å². The highest BCUT2D eigenvalue weighted by atomic mass is 31.2. The van der Waals surface area contributed by atoms with Crippen LogP contribution in [-0.4, -0.2) is 57.4 Å². The van der Waals surface area contributed by atoms with Gasteiger partial charge in [-0.25, -0.2) is 9.36 Å². The van der Waals surface area contributed by atoms with Crippen molar-refractivity contribution >= 4 is 27.4 Å². The Morgan fingerprint density at radius 3 is 1.83 bits per heavy atom. The number of carbonyl (C=O) groups excluding carboxylic acids is 2. The number of esters is 2. The summed E-state index contributed by atoms with van der Waals surface area (Å²) in [5, 5.41) is 0. The molecule has 0 N–H and O–H groups in total. The van der Waals surface area contributed by atoms with E-state index in [-0.39, 0.29) is 58.5 Å². The molecule has 0 radical (unpaired) electrons. The van der Waals surface area contributed by atoms with Crippen molar-refractivity contribution in [2.75, 3.05) is 39.6 Å². The minimum Gasteiger partial charge on any atom is -0.466 e. The molecule has 0 bridgehead atoms. The molecule has 0 aliphatic carbocycles. The molecule has 206 valence electrons. The highest BCUT2D eigenvalue weighted by Gasteiger charge is 2.42. The second kappa shape index (κ2) is 19.1. The summed E-state index contributed by atoms with van der Waals surface area (Å²) < 4.78 is 63.0. The molecule has 0 amide bonds. The fraction of sp³-hybridized carbons (Fsp3) is 0.818. The summed E-state index contributed by atoms with van der Waals surface area (Å²) in [7, 11) is -7.71. The molecule has 11 nitrogen and oxygen atoms in total. The van der Waals surface area contributed by atoms with Crippen LogP contribution in [0.2, 0.25) is 0 Å². The standard InChI is InChI=1S/C22H42O11P2/c1-7-29-34(25,30-8-2)21(33-35(26,31-9-3)32-10-4)16-12-11-13-17-27-20(23)15-14-18-28-22(24)19(5)6/h21H,5,7-18H2,1-4,6H3. The van der Waals surface area contributed by atoms with Gasteiger partial charge >= 0.3 is 27.4 Å². The van der Waals surface area contributed by atoms with E-state index in [1.165, 1.54) is 0 Å². The van der Waals surface area contributed by atoms with Crippen LogP contribution >= 0.6 is 15.4 Å². The van der Waals surface area contributed by atoms with Gasteiger partial charge in [-0.2, -0.15) is 0 Å². The Bertz CT molecular complexity index is 706. The van der Waals surface area contributed by atoms with Crippen LogP contribution in [0.5, 0.6) is 0 Å². The number of rotatable bonds is 22. The van der Waals surface area contributed by atoms with E-state index in [1.807, 2.05) is 0 Å². The average molecular weight is 545 g/mol. The molecular weight excluding hydrogens is 502 g/mol. The first-order chi connectivity index (χ1) is 16.6. The van der Waals surface area contributed by atoms with Crippen LogP contribution in [0.1, 0.15) is 73.1 Å². The lowest BCUT2D eigenvalue weighted by Crippen LogP contribution is -2.18. The topological polar surface area (TPSA) is 133 Å². The molecule has 13 heteroatoms. The maximum absolute atomic E-state index is 13.3. The summed E-state index contributed by atoms with van der Waals surface area (Å²) >= 11 is 0. The van der Waals surface area contributed by atoms with Gasteiger partial charge in [-0.05, 0) is 60.3 Å². The summed E-state index contributed by atoms with van der Waals surface area (Å²) in [6.07, 6.45) is 2.40. The molecule has 0 spiro atoms. The minimum absolute atomic E-state index is 0.0826. The Labute approximate surface area is 209 Å². The van der Waals surface area contributed by atoms with E-state index in [2.05, 4.69) is 6.58 Å². The van der Waals surface area contributed by atoms with E-state index in [0.29, 0.717) is 31.3 Å². The van der Waals surface area contributed by atoms with E-state index in [0.717, 1.165) is 0 Å². The van der Waals surface area contributed by atoms with E-state index in [9.17, 15) is 18.7 Å². The quantitative estimate of drug-likeness (QED) is 0.0711. The predicted octanol–water partition coefficient (Wildman–Crippen LogP) is 5.78. The summed E-state index contributed by atoms with van der Waals surface area (Å²) in [5.41, 5.74) is 0.303. The second-order valence-electron chi connectivity index (χ2n) is 7.31. The summed E-state index contributed by atoms with van der Waals surface area (Å²) in [5.74, 6) is -2.02. The lowest BCUT2D eigenvalue weighted by atomic mass is 10.2. The molecule has 0 heterocycles. The molecule has 1 unspecified atom stereocenters. The zero-order valence-electron chi connectivity index (χ0n) is 21.7. The van der Waals surface area contributed by atoms with Crippen LogP contribution in [0.3, 0.4) is 0 Å². The Kier molecular flexibility index (Phi) is 18.5. The average Bonchev–Trinajstić information content (AvgIpc) is 2.78. The summed E-state index contributed by atoms with van der Waals surface area (Å²) in [4.78, 5) is 23.1. The fourth-order valence-electron chi connectivity index (χ4n) is 2.76. The molecule has 0 saturated heterocycles. The van der Waals surface area contributed by atoms with Crippen LogP contribution in [0.15, 0.2) is 12.2 Å². The van der Waals surface area contributed by atoms with Gasteiger partial charge in [0.2, 0.25) is 0 Å². The van der Waals surface area contributed by atoms with Crippen molar-refractivity contribution in [3.8, 4) is 0 Å². The zero-order valence-corrected chi connectivity index (χ0v) is 23.4. The van der Waals surface area contributed by atoms with E-state index >= 15 is 0 Å². The number of phosphoric acid groups is 1. The monoisotopic (exact) mass is 544 g/mol. The lowest BCUT2D eigenvalue weighted by Gasteiger charge is -2.28. The van der Waals surface area contributed by atoms with Gasteiger partial charge in [0.1, 0.15) is 0 Å². The fourth-order valence-corrected chi connectivity index (χ4v) is 6.42. The molecule has 0 aromatic rings. The van der Waals surface area contributed by atoms with Gasteiger partial charge in [0.25, 0.3) is 0 Å². The molecule has 35 heavy (non-hydrogen) atoms. The highest BCUT2D eigenvalue weighted by molar-refractivity contribution is 7.55. The summed E-state index contributed by atoms with van der Waals surface area (Å²) in [6, 6.07) is 0. The third kappa shape index (κ3) is 14.9. The first-order valence-electron chi connectivity index (χ1n) is 12.0. The minimum atomic E-state index is -3.96. The van der Waals surface area contributed by atoms with Crippen molar-refractivity contribution in [2.45, 2.75) is 79.0 Å². The summed E-state index contributed by atoms with van der Waals surface area (Å²) in [6.45, 7) is 12.4. The van der Waals surface area contributed by atoms with Gasteiger partial charge in [-0.3, -0.25) is 22.9 Å². The molecular formula is C22H42O11P2. The van der Waals surface area contributed by atoms with Crippen molar-refractivity contribution in [1.82, 2.24) is 0 Å². The van der Waals surface area contributed by atoms with Crippen molar-refractivity contribution < 1.29 is 50.8 Å². The lowest BCUT2D eigenvalue weighted by molar-refractivity contribution is -0.146. The van der Waals surface area contributed by atoms with Gasteiger partial charge in [0.05, 0.1) is 39.6 Å². The Morgan fingerprint density at radius 2 is 1.31 bits per heavy atom. The molecule has 0 rings (SSSR count). The van der Waals surface area contributed by atoms with E-state index in [4.69, 9.17) is 32.1 Å². The molecule has 0 aliphatic rings. The largest absolute Gasteiger partial charge is 0.475 e. The van der Waals surface area contributed by atoms with Crippen molar-refractivity contribution in [1.29, 1.82) is 0 Å². The van der Waals surface area contributed by atoms with Gasteiger partial charge in [-0.1, -0.05) is 13.0 Å². The van der Waals surface area contributed by atoms with Gasteiger partial charge in [0, 0.05) is 12.0 Å². The predicted molar refractivity (Wildman–Crippen MR) is 131 cm³/mol. The van der Waals surface area contributed by atoms with Crippen LogP contribution in [0.4, 0.5) is 0 Å². The van der Waals surface area contributed by atoms with Gasteiger partial charge < -0.3 is 18.5 Å². The SMILES string of the molecule is C=C(C)C(=O)OCCCC(=O)OCCCCCC(OP(=O)(OCC)OCC)P(=O)(OCC)OCC. The third-order valence-corrected chi connectivity index (χ3v) is 8.39. The highest BCUT2D eigenvalue weighted by Crippen LogP contribution is 2.62. The zero-order chi connectivity index (χ0) is 26.7.